The molecule has 3 aliphatic heterocycles. The van der Waals surface area contributed by atoms with Crippen molar-refractivity contribution in [3.05, 3.63) is 70.7 Å². The van der Waals surface area contributed by atoms with Crippen molar-refractivity contribution in [3.63, 3.8) is 0 Å². The molecule has 6 rings (SSSR count). The molecule has 184 valence electrons. The number of rotatable bonds is 5. The highest BCUT2D eigenvalue weighted by molar-refractivity contribution is 6.32. The van der Waals surface area contributed by atoms with Crippen molar-refractivity contribution in [3.8, 4) is 23.0 Å². The van der Waals surface area contributed by atoms with E-state index in [0.717, 1.165) is 16.8 Å². The Kier molecular flexibility index (Phi) is 5.30. The van der Waals surface area contributed by atoms with Crippen LogP contribution in [0.25, 0.3) is 0 Å². The highest BCUT2D eigenvalue weighted by Crippen LogP contribution is 2.54. The molecule has 3 aromatic rings. The number of benzene rings is 3. The summed E-state index contributed by atoms with van der Waals surface area (Å²) in [4.78, 5) is 28.1. The Morgan fingerprint density at radius 2 is 1.86 bits per heavy atom. The molecule has 0 saturated carbocycles. The average Bonchev–Trinajstić information content (AvgIpc) is 3.55. The Balaban J connectivity index is 1.20. The maximum absolute atomic E-state index is 13.9. The number of amides is 3. The zero-order valence-corrected chi connectivity index (χ0v) is 20.1. The van der Waals surface area contributed by atoms with E-state index in [0.29, 0.717) is 33.7 Å². The predicted molar refractivity (Wildman–Crippen MR) is 133 cm³/mol. The molecule has 0 aromatic heterocycles. The van der Waals surface area contributed by atoms with Gasteiger partial charge in [-0.25, -0.2) is 4.79 Å². The van der Waals surface area contributed by atoms with Crippen LogP contribution in [0.4, 0.5) is 16.2 Å². The summed E-state index contributed by atoms with van der Waals surface area (Å²) in [5.41, 5.74) is 1.97. The van der Waals surface area contributed by atoms with Gasteiger partial charge in [-0.1, -0.05) is 29.8 Å². The average molecular weight is 508 g/mol. The quantitative estimate of drug-likeness (QED) is 0.543. The van der Waals surface area contributed by atoms with Crippen molar-refractivity contribution in [2.24, 2.45) is 0 Å². The van der Waals surface area contributed by atoms with Crippen LogP contribution in [0.5, 0.6) is 23.0 Å². The molecule has 3 amide bonds. The molecule has 3 heterocycles. The molecule has 0 aliphatic carbocycles. The SMILES string of the molecule is COc1ccc(NC(=O)NCCN2C(=O)C3(COc4cc5c(cc43)OCO5)c3ccccc32)cc1Cl. The van der Waals surface area contributed by atoms with E-state index < -0.39 is 11.4 Å². The van der Waals surface area contributed by atoms with Crippen LogP contribution in [0.15, 0.2) is 54.6 Å². The second-order valence-electron chi connectivity index (χ2n) is 8.60. The number of para-hydroxylation sites is 1. The fourth-order valence-corrected chi connectivity index (χ4v) is 5.25. The highest BCUT2D eigenvalue weighted by atomic mass is 35.5. The van der Waals surface area contributed by atoms with Crippen LogP contribution in [0.3, 0.4) is 0 Å². The van der Waals surface area contributed by atoms with Gasteiger partial charge in [-0.2, -0.15) is 0 Å². The molecule has 10 heteroatoms. The predicted octanol–water partition coefficient (Wildman–Crippen LogP) is 3.92. The molecule has 3 aromatic carbocycles. The third kappa shape index (κ3) is 3.38. The lowest BCUT2D eigenvalue weighted by Crippen LogP contribution is -2.45. The van der Waals surface area contributed by atoms with Gasteiger partial charge in [-0.3, -0.25) is 4.79 Å². The number of hydrogen-bond acceptors (Lipinski definition) is 6. The van der Waals surface area contributed by atoms with Gasteiger partial charge in [0.05, 0.1) is 12.1 Å². The molecular formula is C26H22ClN3O6. The Hall–Kier alpha value is -4.11. The smallest absolute Gasteiger partial charge is 0.319 e. The second kappa shape index (κ2) is 8.53. The van der Waals surface area contributed by atoms with Gasteiger partial charge in [0.15, 0.2) is 11.5 Å². The standard InChI is InChI=1S/C26H22ClN3O6/c1-33-20-7-6-15(10-18(20)27)29-25(32)28-8-9-30-19-5-3-2-4-16(19)26(24(30)31)13-34-21-12-23-22(11-17(21)26)35-14-36-23/h2-7,10-12H,8-9,13-14H2,1H3,(H2,28,29,32). The second-order valence-corrected chi connectivity index (χ2v) is 9.01. The summed E-state index contributed by atoms with van der Waals surface area (Å²) in [6, 6.07) is 15.8. The third-order valence-corrected chi connectivity index (χ3v) is 6.97. The van der Waals surface area contributed by atoms with Crippen molar-refractivity contribution in [2.45, 2.75) is 5.41 Å². The van der Waals surface area contributed by atoms with Crippen LogP contribution in [-0.4, -0.2) is 45.5 Å². The van der Waals surface area contributed by atoms with Crippen LogP contribution in [-0.2, 0) is 10.2 Å². The van der Waals surface area contributed by atoms with Crippen molar-refractivity contribution >= 4 is 34.9 Å². The first-order chi connectivity index (χ1) is 17.5. The van der Waals surface area contributed by atoms with Gasteiger partial charge in [0, 0.05) is 36.1 Å². The summed E-state index contributed by atoms with van der Waals surface area (Å²) in [6.45, 7) is 0.844. The minimum Gasteiger partial charge on any atom is -0.495 e. The van der Waals surface area contributed by atoms with E-state index in [4.69, 9.17) is 30.5 Å². The fourth-order valence-electron chi connectivity index (χ4n) is 4.99. The number of urea groups is 1. The molecule has 0 bridgehead atoms. The molecule has 36 heavy (non-hydrogen) atoms. The Morgan fingerprint density at radius 1 is 1.06 bits per heavy atom. The van der Waals surface area contributed by atoms with E-state index >= 15 is 0 Å². The van der Waals surface area contributed by atoms with Crippen LogP contribution in [0, 0.1) is 0 Å². The minimum absolute atomic E-state index is 0.106. The maximum atomic E-state index is 13.9. The molecule has 1 atom stereocenters. The summed E-state index contributed by atoms with van der Waals surface area (Å²) in [5.74, 6) is 2.23. The van der Waals surface area contributed by atoms with E-state index in [1.165, 1.54) is 7.11 Å². The van der Waals surface area contributed by atoms with Gasteiger partial charge in [0.2, 0.25) is 12.7 Å². The molecule has 0 radical (unpaired) electrons. The Labute approximate surface area is 211 Å². The third-order valence-electron chi connectivity index (χ3n) is 6.67. The zero-order chi connectivity index (χ0) is 24.9. The fraction of sp³-hybridized carbons (Fsp3) is 0.231. The number of methoxy groups -OCH3 is 1. The normalized spacial score (nSPS) is 18.6. The molecule has 2 N–H and O–H groups in total. The Morgan fingerprint density at radius 3 is 2.67 bits per heavy atom. The number of carbonyl (C=O) groups is 2. The molecule has 0 fully saturated rings. The first kappa shape index (κ1) is 22.4. The van der Waals surface area contributed by atoms with Crippen LogP contribution < -0.4 is 34.5 Å². The van der Waals surface area contributed by atoms with E-state index in [-0.39, 0.29) is 32.4 Å². The van der Waals surface area contributed by atoms with Gasteiger partial charge in [0.1, 0.15) is 23.5 Å². The van der Waals surface area contributed by atoms with Gasteiger partial charge in [0.25, 0.3) is 0 Å². The summed E-state index contributed by atoms with van der Waals surface area (Å²) >= 11 is 6.13. The zero-order valence-electron chi connectivity index (χ0n) is 19.3. The summed E-state index contributed by atoms with van der Waals surface area (Å²) in [7, 11) is 1.52. The van der Waals surface area contributed by atoms with E-state index in [2.05, 4.69) is 10.6 Å². The summed E-state index contributed by atoms with van der Waals surface area (Å²) < 4.78 is 22.2. The molecule has 9 nitrogen and oxygen atoms in total. The van der Waals surface area contributed by atoms with Gasteiger partial charge in [-0.05, 0) is 35.9 Å². The van der Waals surface area contributed by atoms with Crippen molar-refractivity contribution < 1.29 is 28.5 Å². The van der Waals surface area contributed by atoms with E-state index in [9.17, 15) is 9.59 Å². The lowest BCUT2D eigenvalue weighted by atomic mass is 9.77. The van der Waals surface area contributed by atoms with Gasteiger partial charge >= 0.3 is 6.03 Å². The van der Waals surface area contributed by atoms with Crippen LogP contribution in [0.2, 0.25) is 5.02 Å². The Bertz CT molecular complexity index is 1400. The van der Waals surface area contributed by atoms with Crippen molar-refractivity contribution in [1.29, 1.82) is 0 Å². The summed E-state index contributed by atoms with van der Waals surface area (Å²) in [6.07, 6.45) is 0. The van der Waals surface area contributed by atoms with Crippen molar-refractivity contribution in [2.75, 3.05) is 43.8 Å². The number of fused-ring (bicyclic) bond motifs is 5. The number of ether oxygens (including phenoxy) is 4. The van der Waals surface area contributed by atoms with Crippen molar-refractivity contribution in [1.82, 2.24) is 5.32 Å². The highest BCUT2D eigenvalue weighted by Gasteiger charge is 2.57. The van der Waals surface area contributed by atoms with E-state index in [1.54, 1.807) is 29.2 Å². The van der Waals surface area contributed by atoms with Crippen LogP contribution in [0.1, 0.15) is 11.1 Å². The summed E-state index contributed by atoms with van der Waals surface area (Å²) in [5, 5.41) is 5.93. The first-order valence-electron chi connectivity index (χ1n) is 11.4. The molecule has 3 aliphatic rings. The molecular weight excluding hydrogens is 486 g/mol. The van der Waals surface area contributed by atoms with Crippen LogP contribution >= 0.6 is 11.6 Å². The molecule has 0 saturated heterocycles. The number of hydrogen-bond donors (Lipinski definition) is 2. The number of anilines is 2. The number of halogens is 1. The maximum Gasteiger partial charge on any atom is 0.319 e. The monoisotopic (exact) mass is 507 g/mol. The first-order valence-corrected chi connectivity index (χ1v) is 11.8. The van der Waals surface area contributed by atoms with E-state index in [1.807, 2.05) is 30.3 Å². The largest absolute Gasteiger partial charge is 0.495 e. The number of carbonyl (C=O) groups excluding carboxylic acids is 2. The topological polar surface area (TPSA) is 98.4 Å². The molecule has 1 unspecified atom stereocenters. The lowest BCUT2D eigenvalue weighted by molar-refractivity contribution is -0.122. The minimum atomic E-state index is -0.977. The van der Waals surface area contributed by atoms with Gasteiger partial charge < -0.3 is 34.5 Å². The van der Waals surface area contributed by atoms with Gasteiger partial charge in [-0.15, -0.1) is 0 Å². The molecule has 1 spiro atoms. The number of nitrogens with zero attached hydrogens (tertiary/aromatic N) is 1. The lowest BCUT2D eigenvalue weighted by Gasteiger charge is -2.23. The number of nitrogens with one attached hydrogen (secondary N) is 2.